The third-order valence-corrected chi connectivity index (χ3v) is 9.81. The average molecular weight is 592 g/mol. The summed E-state index contributed by atoms with van der Waals surface area (Å²) in [6, 6.07) is 16.3. The number of rotatable bonds is 10. The molecule has 41 heavy (non-hydrogen) atoms. The molecule has 2 fully saturated rings. The average Bonchev–Trinajstić information content (AvgIpc) is 3.73. The van der Waals surface area contributed by atoms with Crippen molar-refractivity contribution in [2.75, 3.05) is 57.3 Å². The fourth-order valence-corrected chi connectivity index (χ4v) is 7.45. The molecule has 0 saturated carbocycles. The quantitative estimate of drug-likeness (QED) is 0.124. The van der Waals surface area contributed by atoms with E-state index in [-0.39, 0.29) is 5.97 Å². The Kier molecular flexibility index (Phi) is 9.97. The summed E-state index contributed by atoms with van der Waals surface area (Å²) >= 11 is 2.95. The number of aliphatic imine (C=N–C) groups is 2. The van der Waals surface area contributed by atoms with E-state index in [1.54, 1.807) is 13.2 Å². The molecule has 2 saturated heterocycles. The summed E-state index contributed by atoms with van der Waals surface area (Å²) in [4.78, 5) is 28.2. The number of benzene rings is 2. The van der Waals surface area contributed by atoms with Crippen LogP contribution in [-0.2, 0) is 4.74 Å². The van der Waals surface area contributed by atoms with Gasteiger partial charge in [-0.25, -0.2) is 4.79 Å². The van der Waals surface area contributed by atoms with Gasteiger partial charge in [-0.3, -0.25) is 9.98 Å². The molecule has 2 aromatic carbocycles. The van der Waals surface area contributed by atoms with Gasteiger partial charge < -0.3 is 24.6 Å². The number of esters is 1. The van der Waals surface area contributed by atoms with E-state index in [2.05, 4.69) is 45.0 Å². The summed E-state index contributed by atoms with van der Waals surface area (Å²) in [6.45, 7) is 8.68. The van der Waals surface area contributed by atoms with Gasteiger partial charge in [-0.15, -0.1) is 11.3 Å². The van der Waals surface area contributed by atoms with Crippen LogP contribution in [0.2, 0.25) is 0 Å². The summed E-state index contributed by atoms with van der Waals surface area (Å²) in [5.41, 5.74) is 3.31. The minimum absolute atomic E-state index is 0.314. The van der Waals surface area contributed by atoms with Crippen LogP contribution in [0.3, 0.4) is 0 Å². The van der Waals surface area contributed by atoms with Gasteiger partial charge in [0.05, 0.1) is 36.0 Å². The fraction of sp³-hybridized carbons (Fsp3) is 0.387. The first-order valence-electron chi connectivity index (χ1n) is 14.0. The van der Waals surface area contributed by atoms with Crippen LogP contribution in [0.4, 0.5) is 17.1 Å². The molecule has 0 radical (unpaired) electrons. The van der Waals surface area contributed by atoms with Gasteiger partial charge in [-0.05, 0) is 81.2 Å². The summed E-state index contributed by atoms with van der Waals surface area (Å²) in [5.74, 6) is 0.401. The lowest BCUT2D eigenvalue weighted by atomic mass is 10.0. The van der Waals surface area contributed by atoms with E-state index >= 15 is 0 Å². The number of methoxy groups -OCH3 is 2. The Morgan fingerprint density at radius 1 is 1.10 bits per heavy atom. The highest BCUT2D eigenvalue weighted by atomic mass is 32.2. The standard InChI is InChI=1S/C31H37N5O3S2/c1-32-26-14-19-40-29(26)30(41-28-9-5-4-8-24(28)31(37)39-3)34-21-33-25-11-10-23(20-27(25)38-2)36-17-12-22(13-18-36)35-15-6-7-16-35/h4-5,8-11,14,19-20,22,33H,1,6-7,12-13,15-18,21H2,2-3H3/b34-30+. The maximum absolute atomic E-state index is 12.4. The lowest BCUT2D eigenvalue weighted by molar-refractivity contribution is 0.0597. The van der Waals surface area contributed by atoms with Gasteiger partial charge in [0, 0.05) is 35.8 Å². The molecule has 5 rings (SSSR count). The molecule has 0 aliphatic carbocycles. The van der Waals surface area contributed by atoms with Crippen LogP contribution in [0.25, 0.3) is 0 Å². The molecule has 3 heterocycles. The van der Waals surface area contributed by atoms with E-state index < -0.39 is 0 Å². The SMILES string of the molecule is C=Nc1ccsc1/C(=N\CNc1ccc(N2CCC(N3CCCC3)CC2)cc1OC)Sc1ccccc1C(=O)OC. The lowest BCUT2D eigenvalue weighted by Gasteiger charge is -2.38. The van der Waals surface area contributed by atoms with E-state index in [0.29, 0.717) is 12.2 Å². The highest BCUT2D eigenvalue weighted by Gasteiger charge is 2.27. The molecule has 1 aromatic heterocycles. The number of likely N-dealkylation sites (tertiary alicyclic amines) is 1. The summed E-state index contributed by atoms with van der Waals surface area (Å²) in [7, 11) is 3.09. The van der Waals surface area contributed by atoms with Gasteiger partial charge in [0.2, 0.25) is 0 Å². The number of carbonyl (C=O) groups is 1. The lowest BCUT2D eigenvalue weighted by Crippen LogP contribution is -2.43. The highest BCUT2D eigenvalue weighted by Crippen LogP contribution is 2.35. The van der Waals surface area contributed by atoms with Crippen molar-refractivity contribution in [2.24, 2.45) is 9.98 Å². The van der Waals surface area contributed by atoms with Crippen molar-refractivity contribution in [2.45, 2.75) is 36.6 Å². The van der Waals surface area contributed by atoms with Crippen LogP contribution in [-0.4, -0.2) is 75.7 Å². The van der Waals surface area contributed by atoms with Crippen molar-refractivity contribution in [3.8, 4) is 5.75 Å². The van der Waals surface area contributed by atoms with Crippen molar-refractivity contribution in [3.63, 3.8) is 0 Å². The number of thioether (sulfide) groups is 1. The second-order valence-corrected chi connectivity index (χ2v) is 12.0. The molecule has 0 spiro atoms. The Bertz CT molecular complexity index is 1380. The van der Waals surface area contributed by atoms with Gasteiger partial charge in [0.15, 0.2) is 0 Å². The van der Waals surface area contributed by atoms with Gasteiger partial charge in [-0.1, -0.05) is 23.9 Å². The van der Waals surface area contributed by atoms with Crippen molar-refractivity contribution in [1.82, 2.24) is 4.90 Å². The Hall–Kier alpha value is -3.34. The molecule has 0 amide bonds. The number of thiophene rings is 1. The third kappa shape index (κ3) is 6.94. The first-order valence-corrected chi connectivity index (χ1v) is 15.7. The molecule has 3 aromatic rings. The van der Waals surface area contributed by atoms with Gasteiger partial charge in [0.25, 0.3) is 0 Å². The van der Waals surface area contributed by atoms with Crippen molar-refractivity contribution >= 4 is 57.9 Å². The molecular weight excluding hydrogens is 555 g/mol. The number of hydrogen-bond acceptors (Lipinski definition) is 10. The van der Waals surface area contributed by atoms with E-state index in [1.807, 2.05) is 29.6 Å². The van der Waals surface area contributed by atoms with E-state index in [0.717, 1.165) is 51.1 Å². The zero-order chi connectivity index (χ0) is 28.6. The molecule has 216 valence electrons. The Labute approximate surface area is 250 Å². The monoisotopic (exact) mass is 591 g/mol. The van der Waals surface area contributed by atoms with Crippen LogP contribution in [0, 0.1) is 0 Å². The summed E-state index contributed by atoms with van der Waals surface area (Å²) < 4.78 is 10.8. The molecule has 8 nitrogen and oxygen atoms in total. The second kappa shape index (κ2) is 14.0. The minimum Gasteiger partial charge on any atom is -0.495 e. The smallest absolute Gasteiger partial charge is 0.339 e. The first-order chi connectivity index (χ1) is 20.1. The Morgan fingerprint density at radius 2 is 1.88 bits per heavy atom. The normalized spacial score (nSPS) is 16.5. The number of anilines is 2. The van der Waals surface area contributed by atoms with E-state index in [1.165, 1.54) is 74.7 Å². The van der Waals surface area contributed by atoms with Crippen LogP contribution in [0.1, 0.15) is 40.9 Å². The summed E-state index contributed by atoms with van der Waals surface area (Å²) in [5, 5.41) is 6.12. The minimum atomic E-state index is -0.385. The first kappa shape index (κ1) is 29.2. The predicted octanol–water partition coefficient (Wildman–Crippen LogP) is 6.55. The third-order valence-electron chi connectivity index (χ3n) is 7.67. The van der Waals surface area contributed by atoms with Gasteiger partial charge >= 0.3 is 5.97 Å². The van der Waals surface area contributed by atoms with E-state index in [9.17, 15) is 4.79 Å². The molecule has 1 N–H and O–H groups in total. The molecule has 2 aliphatic heterocycles. The van der Waals surface area contributed by atoms with Crippen molar-refractivity contribution in [1.29, 1.82) is 0 Å². The molecule has 2 aliphatic rings. The molecule has 10 heteroatoms. The number of ether oxygens (including phenoxy) is 2. The maximum Gasteiger partial charge on any atom is 0.339 e. The Balaban J connectivity index is 1.30. The number of hydrogen-bond donors (Lipinski definition) is 1. The zero-order valence-electron chi connectivity index (χ0n) is 23.7. The number of nitrogens with zero attached hydrogens (tertiary/aromatic N) is 4. The highest BCUT2D eigenvalue weighted by molar-refractivity contribution is 8.14. The van der Waals surface area contributed by atoms with Crippen LogP contribution in [0.15, 0.2) is 68.8 Å². The number of carbonyl (C=O) groups excluding carboxylic acids is 1. The largest absolute Gasteiger partial charge is 0.495 e. The molecule has 0 bridgehead atoms. The van der Waals surface area contributed by atoms with Crippen molar-refractivity contribution < 1.29 is 14.3 Å². The summed E-state index contributed by atoms with van der Waals surface area (Å²) in [6.07, 6.45) is 5.11. The topological polar surface area (TPSA) is 78.8 Å². The Morgan fingerprint density at radius 3 is 2.61 bits per heavy atom. The fourth-order valence-electron chi connectivity index (χ4n) is 5.49. The predicted molar refractivity (Wildman–Crippen MR) is 171 cm³/mol. The van der Waals surface area contributed by atoms with Gasteiger partial charge in [-0.2, -0.15) is 0 Å². The molecule has 0 atom stereocenters. The molecular formula is C31H37N5O3S2. The number of piperidine rings is 1. The van der Waals surface area contributed by atoms with E-state index in [4.69, 9.17) is 14.5 Å². The van der Waals surface area contributed by atoms with Crippen LogP contribution < -0.4 is 15.0 Å². The maximum atomic E-state index is 12.4. The number of nitrogens with one attached hydrogen (secondary N) is 1. The molecule has 0 unspecified atom stereocenters. The van der Waals surface area contributed by atoms with Gasteiger partial charge in [0.1, 0.15) is 17.5 Å². The van der Waals surface area contributed by atoms with Crippen molar-refractivity contribution in [3.05, 3.63) is 64.4 Å². The van der Waals surface area contributed by atoms with Crippen LogP contribution in [0.5, 0.6) is 5.75 Å². The zero-order valence-corrected chi connectivity index (χ0v) is 25.3. The second-order valence-electron chi connectivity index (χ2n) is 10.0. The van der Waals surface area contributed by atoms with Crippen LogP contribution >= 0.6 is 23.1 Å².